The van der Waals surface area contributed by atoms with E-state index >= 15 is 0 Å². The van der Waals surface area contributed by atoms with Gasteiger partial charge in [-0.2, -0.15) is 8.78 Å². The minimum absolute atomic E-state index is 0.0185. The first-order valence-corrected chi connectivity index (χ1v) is 7.25. The van der Waals surface area contributed by atoms with E-state index in [0.717, 1.165) is 12.8 Å². The number of alkyl halides is 2. The summed E-state index contributed by atoms with van der Waals surface area (Å²) in [6, 6.07) is 5.42. The lowest BCUT2D eigenvalue weighted by Crippen LogP contribution is -2.35. The summed E-state index contributed by atoms with van der Waals surface area (Å²) < 4.78 is 35.2. The maximum atomic E-state index is 12.6. The molecule has 7 heteroatoms. The number of ether oxygens (including phenoxy) is 2. The number of aliphatic imine (C=N–C) groups is 1. The molecule has 0 amide bonds. The summed E-state index contributed by atoms with van der Waals surface area (Å²) in [6.45, 7) is -0.625. The van der Waals surface area contributed by atoms with Crippen molar-refractivity contribution in [2.75, 3.05) is 13.7 Å². The number of halogens is 2. The van der Waals surface area contributed by atoms with Gasteiger partial charge in [0.25, 0.3) is 0 Å². The Kier molecular flexibility index (Phi) is 5.41. The zero-order chi connectivity index (χ0) is 16.1. The molecule has 122 valence electrons. The fourth-order valence-corrected chi connectivity index (χ4v) is 2.10. The molecular weight excluding hydrogens is 292 g/mol. The van der Waals surface area contributed by atoms with Gasteiger partial charge in [-0.05, 0) is 25.8 Å². The normalized spacial score (nSPS) is 15.0. The lowest BCUT2D eigenvalue weighted by atomic mass is 10.2. The Balaban J connectivity index is 2.17. The van der Waals surface area contributed by atoms with Crippen molar-refractivity contribution >= 4 is 5.96 Å². The van der Waals surface area contributed by atoms with Crippen LogP contribution in [0.2, 0.25) is 0 Å². The molecular formula is C15H21F2N3O2. The molecule has 0 atom stereocenters. The van der Waals surface area contributed by atoms with Crippen LogP contribution in [0.25, 0.3) is 0 Å². The summed E-state index contributed by atoms with van der Waals surface area (Å²) in [6.07, 6.45) is 2.21. The van der Waals surface area contributed by atoms with Gasteiger partial charge >= 0.3 is 6.61 Å². The van der Waals surface area contributed by atoms with E-state index in [-0.39, 0.29) is 18.0 Å². The number of nitrogens with two attached hydrogens (primary N) is 1. The molecule has 5 nitrogen and oxygen atoms in total. The van der Waals surface area contributed by atoms with E-state index in [1.807, 2.05) is 11.9 Å². The number of benzene rings is 1. The van der Waals surface area contributed by atoms with Crippen molar-refractivity contribution in [3.05, 3.63) is 23.8 Å². The third kappa shape index (κ3) is 4.22. The van der Waals surface area contributed by atoms with Gasteiger partial charge in [-0.25, -0.2) is 4.99 Å². The van der Waals surface area contributed by atoms with E-state index in [0.29, 0.717) is 24.2 Å². The Morgan fingerprint density at radius 3 is 2.77 bits per heavy atom. The molecule has 0 radical (unpaired) electrons. The maximum Gasteiger partial charge on any atom is 0.387 e. The highest BCUT2D eigenvalue weighted by atomic mass is 19.3. The molecule has 1 saturated carbocycles. The van der Waals surface area contributed by atoms with Gasteiger partial charge in [0.2, 0.25) is 0 Å². The third-order valence-corrected chi connectivity index (χ3v) is 3.43. The molecule has 0 aromatic heterocycles. The van der Waals surface area contributed by atoms with Crippen LogP contribution in [0.15, 0.2) is 23.2 Å². The molecule has 2 rings (SSSR count). The molecule has 1 aromatic rings. The van der Waals surface area contributed by atoms with Crippen molar-refractivity contribution in [1.29, 1.82) is 0 Å². The molecule has 1 aromatic carbocycles. The van der Waals surface area contributed by atoms with Gasteiger partial charge in [0.15, 0.2) is 17.5 Å². The lowest BCUT2D eigenvalue weighted by molar-refractivity contribution is -0.0520. The van der Waals surface area contributed by atoms with Gasteiger partial charge in [-0.1, -0.05) is 12.1 Å². The van der Waals surface area contributed by atoms with Crippen molar-refractivity contribution < 1.29 is 18.3 Å². The fourth-order valence-electron chi connectivity index (χ4n) is 2.10. The number of hydrogen-bond donors (Lipinski definition) is 1. The molecule has 1 aliphatic carbocycles. The van der Waals surface area contributed by atoms with Crippen LogP contribution in [-0.2, 0) is 6.54 Å². The van der Waals surface area contributed by atoms with Crippen molar-refractivity contribution in [2.24, 2.45) is 10.7 Å². The van der Waals surface area contributed by atoms with Crippen molar-refractivity contribution in [1.82, 2.24) is 4.90 Å². The molecule has 0 bridgehead atoms. The van der Waals surface area contributed by atoms with Crippen LogP contribution in [0, 0.1) is 0 Å². The van der Waals surface area contributed by atoms with Crippen LogP contribution in [0.5, 0.6) is 11.5 Å². The van der Waals surface area contributed by atoms with Crippen LogP contribution in [0.1, 0.15) is 25.3 Å². The number of nitrogens with zero attached hydrogens (tertiary/aromatic N) is 2. The zero-order valence-corrected chi connectivity index (χ0v) is 12.8. The second kappa shape index (κ2) is 7.29. The number of rotatable bonds is 7. The van der Waals surface area contributed by atoms with Crippen molar-refractivity contribution in [2.45, 2.75) is 39.0 Å². The number of guanidine groups is 1. The van der Waals surface area contributed by atoms with Crippen LogP contribution in [-0.4, -0.2) is 37.2 Å². The van der Waals surface area contributed by atoms with E-state index in [1.54, 1.807) is 25.1 Å². The Morgan fingerprint density at radius 2 is 2.18 bits per heavy atom. The molecule has 1 fully saturated rings. The molecule has 0 heterocycles. The molecule has 0 unspecified atom stereocenters. The first kappa shape index (κ1) is 16.3. The van der Waals surface area contributed by atoms with Gasteiger partial charge in [-0.15, -0.1) is 0 Å². The van der Waals surface area contributed by atoms with Crippen LogP contribution in [0.4, 0.5) is 8.78 Å². The van der Waals surface area contributed by atoms with Crippen LogP contribution >= 0.6 is 0 Å². The third-order valence-electron chi connectivity index (χ3n) is 3.43. The SMILES string of the molecule is CCOc1cccc(CN=C(N)N(C)C2CC2)c1OC(F)F. The summed E-state index contributed by atoms with van der Waals surface area (Å²) in [5.41, 5.74) is 6.42. The van der Waals surface area contributed by atoms with Gasteiger partial charge in [0.1, 0.15) is 0 Å². The number of hydrogen-bond acceptors (Lipinski definition) is 3. The van der Waals surface area contributed by atoms with Gasteiger partial charge in [-0.3, -0.25) is 0 Å². The summed E-state index contributed by atoms with van der Waals surface area (Å²) in [5.74, 6) is 0.696. The van der Waals surface area contributed by atoms with Gasteiger partial charge < -0.3 is 20.1 Å². The first-order chi connectivity index (χ1) is 10.5. The second-order valence-corrected chi connectivity index (χ2v) is 5.07. The summed E-state index contributed by atoms with van der Waals surface area (Å²) in [5, 5.41) is 0. The predicted molar refractivity (Wildman–Crippen MR) is 80.4 cm³/mol. The Hall–Kier alpha value is -2.05. The molecule has 0 spiro atoms. The standard InChI is InChI=1S/C15H21F2N3O2/c1-3-21-12-6-4-5-10(13(12)22-14(16)17)9-19-15(18)20(2)11-7-8-11/h4-6,11,14H,3,7-9H2,1-2H3,(H2,18,19). The highest BCUT2D eigenvalue weighted by Crippen LogP contribution is 2.33. The quantitative estimate of drug-likeness (QED) is 0.621. The average Bonchev–Trinajstić information content (AvgIpc) is 3.31. The first-order valence-electron chi connectivity index (χ1n) is 7.25. The van der Waals surface area contributed by atoms with Gasteiger partial charge in [0.05, 0.1) is 13.2 Å². The molecule has 0 aliphatic heterocycles. The highest BCUT2D eigenvalue weighted by molar-refractivity contribution is 5.78. The minimum Gasteiger partial charge on any atom is -0.490 e. The summed E-state index contributed by atoms with van der Waals surface area (Å²) in [7, 11) is 1.88. The maximum absolute atomic E-state index is 12.6. The van der Waals surface area contributed by atoms with E-state index in [4.69, 9.17) is 10.5 Å². The lowest BCUT2D eigenvalue weighted by Gasteiger charge is -2.18. The average molecular weight is 313 g/mol. The topological polar surface area (TPSA) is 60.1 Å². The highest BCUT2D eigenvalue weighted by Gasteiger charge is 2.27. The van der Waals surface area contributed by atoms with Crippen molar-refractivity contribution in [3.63, 3.8) is 0 Å². The van der Waals surface area contributed by atoms with E-state index in [1.165, 1.54) is 0 Å². The van der Waals surface area contributed by atoms with E-state index < -0.39 is 6.61 Å². The van der Waals surface area contributed by atoms with E-state index in [2.05, 4.69) is 9.73 Å². The molecule has 1 aliphatic rings. The minimum atomic E-state index is -2.92. The fraction of sp³-hybridized carbons (Fsp3) is 0.533. The summed E-state index contributed by atoms with van der Waals surface area (Å²) >= 11 is 0. The summed E-state index contributed by atoms with van der Waals surface area (Å²) in [4.78, 5) is 6.17. The van der Waals surface area contributed by atoms with Crippen molar-refractivity contribution in [3.8, 4) is 11.5 Å². The van der Waals surface area contributed by atoms with E-state index in [9.17, 15) is 8.78 Å². The zero-order valence-electron chi connectivity index (χ0n) is 12.8. The molecule has 2 N–H and O–H groups in total. The molecule has 22 heavy (non-hydrogen) atoms. The predicted octanol–water partition coefficient (Wildman–Crippen LogP) is 2.60. The van der Waals surface area contributed by atoms with Crippen LogP contribution in [0.3, 0.4) is 0 Å². The smallest absolute Gasteiger partial charge is 0.387 e. The Bertz CT molecular complexity index is 534. The largest absolute Gasteiger partial charge is 0.490 e. The Labute approximate surface area is 128 Å². The van der Waals surface area contributed by atoms with Crippen LogP contribution < -0.4 is 15.2 Å². The Morgan fingerprint density at radius 1 is 1.45 bits per heavy atom. The van der Waals surface area contributed by atoms with Gasteiger partial charge in [0, 0.05) is 18.7 Å². The second-order valence-electron chi connectivity index (χ2n) is 5.07. The monoisotopic (exact) mass is 313 g/mol. The molecule has 0 saturated heterocycles. The number of para-hydroxylation sites is 1.